The van der Waals surface area contributed by atoms with Crippen molar-refractivity contribution < 1.29 is 14.3 Å². The Labute approximate surface area is 174 Å². The van der Waals surface area contributed by atoms with Crippen LogP contribution in [0.2, 0.25) is 0 Å². The maximum absolute atomic E-state index is 13.1. The van der Waals surface area contributed by atoms with Crippen molar-refractivity contribution in [1.29, 1.82) is 0 Å². The maximum Gasteiger partial charge on any atom is 0.272 e. The normalized spacial score (nSPS) is 16.1. The largest absolute Gasteiger partial charge is 0.392 e. The second-order valence-electron chi connectivity index (χ2n) is 7.38. The Morgan fingerprint density at radius 3 is 2.77 bits per heavy atom. The Morgan fingerprint density at radius 2 is 2.03 bits per heavy atom. The van der Waals surface area contributed by atoms with Crippen molar-refractivity contribution in [3.63, 3.8) is 0 Å². The number of aliphatic hydroxyl groups is 1. The molecule has 1 N–H and O–H groups in total. The SMILES string of the molecule is CCc1nccnc1-c1ccc([C@@H]2CCN(C(=O)c3ccc(F)cn3)C2)c(CO)c1. The van der Waals surface area contributed by atoms with Gasteiger partial charge in [0.05, 0.1) is 24.2 Å². The first kappa shape index (κ1) is 20.1. The summed E-state index contributed by atoms with van der Waals surface area (Å²) in [6.45, 7) is 3.08. The molecule has 1 fully saturated rings. The number of pyridine rings is 1. The molecule has 1 saturated heterocycles. The molecule has 0 saturated carbocycles. The highest BCUT2D eigenvalue weighted by atomic mass is 19.1. The van der Waals surface area contributed by atoms with Crippen LogP contribution < -0.4 is 0 Å². The van der Waals surface area contributed by atoms with Crippen LogP contribution in [0.5, 0.6) is 0 Å². The number of carbonyl (C=O) groups is 1. The molecule has 6 nitrogen and oxygen atoms in total. The highest BCUT2D eigenvalue weighted by molar-refractivity contribution is 5.92. The predicted molar refractivity (Wildman–Crippen MR) is 110 cm³/mol. The molecule has 0 radical (unpaired) electrons. The predicted octanol–water partition coefficient (Wildman–Crippen LogP) is 3.36. The number of aryl methyl sites for hydroxylation is 1. The van der Waals surface area contributed by atoms with Crippen LogP contribution in [0.3, 0.4) is 0 Å². The number of aromatic nitrogens is 3. The van der Waals surface area contributed by atoms with E-state index in [1.807, 2.05) is 25.1 Å². The van der Waals surface area contributed by atoms with Gasteiger partial charge < -0.3 is 10.0 Å². The molecule has 30 heavy (non-hydrogen) atoms. The molecule has 154 valence electrons. The second kappa shape index (κ2) is 8.67. The average molecular weight is 406 g/mol. The van der Waals surface area contributed by atoms with E-state index < -0.39 is 5.82 Å². The zero-order valence-electron chi connectivity index (χ0n) is 16.8. The first-order chi connectivity index (χ1) is 14.6. The van der Waals surface area contributed by atoms with Crippen molar-refractivity contribution >= 4 is 5.91 Å². The third-order valence-electron chi connectivity index (χ3n) is 5.56. The summed E-state index contributed by atoms with van der Waals surface area (Å²) in [6.07, 6.45) is 5.98. The van der Waals surface area contributed by atoms with Crippen LogP contribution in [0.25, 0.3) is 11.3 Å². The minimum atomic E-state index is -0.465. The Morgan fingerprint density at radius 1 is 1.20 bits per heavy atom. The van der Waals surface area contributed by atoms with E-state index in [0.717, 1.165) is 47.1 Å². The molecule has 1 atom stereocenters. The molecule has 3 heterocycles. The minimum Gasteiger partial charge on any atom is -0.392 e. The van der Waals surface area contributed by atoms with E-state index in [2.05, 4.69) is 15.0 Å². The number of hydrogen-bond donors (Lipinski definition) is 1. The van der Waals surface area contributed by atoms with Gasteiger partial charge in [0.25, 0.3) is 5.91 Å². The summed E-state index contributed by atoms with van der Waals surface area (Å²) in [5.41, 5.74) is 4.77. The van der Waals surface area contributed by atoms with E-state index in [1.54, 1.807) is 17.3 Å². The van der Waals surface area contributed by atoms with Gasteiger partial charge in [0.2, 0.25) is 0 Å². The number of carbonyl (C=O) groups excluding carboxylic acids is 1. The Kier molecular flexibility index (Phi) is 5.81. The van der Waals surface area contributed by atoms with Crippen LogP contribution in [0.1, 0.15) is 46.6 Å². The number of nitrogens with zero attached hydrogens (tertiary/aromatic N) is 4. The smallest absolute Gasteiger partial charge is 0.272 e. The van der Waals surface area contributed by atoms with Gasteiger partial charge >= 0.3 is 0 Å². The molecule has 4 rings (SSSR count). The van der Waals surface area contributed by atoms with Gasteiger partial charge in [0.15, 0.2) is 0 Å². The third-order valence-corrected chi connectivity index (χ3v) is 5.56. The number of hydrogen-bond acceptors (Lipinski definition) is 5. The molecule has 0 aliphatic carbocycles. The van der Waals surface area contributed by atoms with E-state index in [9.17, 15) is 14.3 Å². The lowest BCUT2D eigenvalue weighted by Crippen LogP contribution is -2.29. The van der Waals surface area contributed by atoms with Gasteiger partial charge in [-0.15, -0.1) is 0 Å². The quantitative estimate of drug-likeness (QED) is 0.703. The van der Waals surface area contributed by atoms with Crippen LogP contribution >= 0.6 is 0 Å². The number of amides is 1. The van der Waals surface area contributed by atoms with Crippen molar-refractivity contribution in [3.05, 3.63) is 77.3 Å². The second-order valence-corrected chi connectivity index (χ2v) is 7.38. The van der Waals surface area contributed by atoms with Crippen LogP contribution in [0, 0.1) is 5.82 Å². The molecule has 3 aromatic rings. The lowest BCUT2D eigenvalue weighted by molar-refractivity contribution is 0.0785. The fourth-order valence-electron chi connectivity index (χ4n) is 4.02. The van der Waals surface area contributed by atoms with Crippen molar-refractivity contribution in [2.24, 2.45) is 0 Å². The molecule has 7 heteroatoms. The topological polar surface area (TPSA) is 79.2 Å². The lowest BCUT2D eigenvalue weighted by atomic mass is 9.91. The summed E-state index contributed by atoms with van der Waals surface area (Å²) in [4.78, 5) is 27.2. The summed E-state index contributed by atoms with van der Waals surface area (Å²) in [5.74, 6) is -0.544. The van der Waals surface area contributed by atoms with Gasteiger partial charge in [0, 0.05) is 37.0 Å². The zero-order valence-corrected chi connectivity index (χ0v) is 16.8. The zero-order chi connectivity index (χ0) is 21.1. The van der Waals surface area contributed by atoms with Crippen molar-refractivity contribution in [2.45, 2.75) is 32.3 Å². The van der Waals surface area contributed by atoms with Crippen molar-refractivity contribution in [3.8, 4) is 11.3 Å². The van der Waals surface area contributed by atoms with E-state index in [0.29, 0.717) is 13.1 Å². The maximum atomic E-state index is 13.1. The summed E-state index contributed by atoms with van der Waals surface area (Å²) >= 11 is 0. The van der Waals surface area contributed by atoms with Gasteiger partial charge in [-0.2, -0.15) is 0 Å². The molecule has 2 aromatic heterocycles. The summed E-state index contributed by atoms with van der Waals surface area (Å²) in [7, 11) is 0. The van der Waals surface area contributed by atoms with Crippen LogP contribution in [0.15, 0.2) is 48.9 Å². The van der Waals surface area contributed by atoms with Gasteiger partial charge in [0.1, 0.15) is 11.5 Å². The standard InChI is InChI=1S/C23H23FN4O2/c1-2-20-22(26-9-8-25-20)15-3-5-19(17(11-15)14-29)16-7-10-28(13-16)23(30)21-6-4-18(24)12-27-21/h3-6,8-9,11-12,16,29H,2,7,10,13-14H2,1H3/t16-/m1/s1. The van der Waals surface area contributed by atoms with Crippen molar-refractivity contribution in [2.75, 3.05) is 13.1 Å². The molecule has 1 aliphatic heterocycles. The lowest BCUT2D eigenvalue weighted by Gasteiger charge is -2.18. The van der Waals surface area contributed by atoms with Crippen molar-refractivity contribution in [1.82, 2.24) is 19.9 Å². The van der Waals surface area contributed by atoms with E-state index in [4.69, 9.17) is 0 Å². The Balaban J connectivity index is 1.56. The first-order valence-electron chi connectivity index (χ1n) is 10.1. The van der Waals surface area contributed by atoms with Crippen LogP contribution in [0.4, 0.5) is 4.39 Å². The first-order valence-corrected chi connectivity index (χ1v) is 10.1. The number of benzene rings is 1. The molecule has 0 spiro atoms. The average Bonchev–Trinajstić information content (AvgIpc) is 3.28. The highest BCUT2D eigenvalue weighted by Crippen LogP contribution is 2.33. The Hall–Kier alpha value is -3.19. The molecule has 1 amide bonds. The monoisotopic (exact) mass is 406 g/mol. The molecule has 0 unspecified atom stereocenters. The van der Waals surface area contributed by atoms with Crippen LogP contribution in [-0.2, 0) is 13.0 Å². The molecule has 0 bridgehead atoms. The van der Waals surface area contributed by atoms with E-state index in [1.165, 1.54) is 12.1 Å². The Bertz CT molecular complexity index is 1060. The summed E-state index contributed by atoms with van der Waals surface area (Å²) in [6, 6.07) is 8.64. The fraction of sp³-hybridized carbons (Fsp3) is 0.304. The molecular weight excluding hydrogens is 383 g/mol. The van der Waals surface area contributed by atoms with E-state index in [-0.39, 0.29) is 24.1 Å². The van der Waals surface area contributed by atoms with Gasteiger partial charge in [-0.3, -0.25) is 14.8 Å². The number of likely N-dealkylation sites (tertiary alicyclic amines) is 1. The summed E-state index contributed by atoms with van der Waals surface area (Å²) < 4.78 is 13.1. The molecular formula is C23H23FN4O2. The number of halogens is 1. The minimum absolute atomic E-state index is 0.0884. The van der Waals surface area contributed by atoms with Gasteiger partial charge in [-0.1, -0.05) is 19.1 Å². The van der Waals surface area contributed by atoms with E-state index >= 15 is 0 Å². The molecule has 1 aromatic carbocycles. The highest BCUT2D eigenvalue weighted by Gasteiger charge is 2.30. The fourth-order valence-corrected chi connectivity index (χ4v) is 4.02. The molecule has 1 aliphatic rings. The summed E-state index contributed by atoms with van der Waals surface area (Å²) in [5, 5.41) is 9.99. The number of rotatable bonds is 5. The third kappa shape index (κ3) is 3.93. The van der Waals surface area contributed by atoms with Gasteiger partial charge in [-0.05, 0) is 42.2 Å². The van der Waals surface area contributed by atoms with Gasteiger partial charge in [-0.25, -0.2) is 9.37 Å². The van der Waals surface area contributed by atoms with Crippen LogP contribution in [-0.4, -0.2) is 44.0 Å². The number of aliphatic hydroxyl groups excluding tert-OH is 1.